The molecule has 2 N–H and O–H groups in total. The Balaban J connectivity index is 3.13. The number of aliphatic carboxylic acids is 1. The van der Waals surface area contributed by atoms with Gasteiger partial charge in [-0.15, -0.1) is 6.58 Å². The summed E-state index contributed by atoms with van der Waals surface area (Å²) in [6.45, 7) is 7.90. The maximum Gasteiger partial charge on any atom is 0.335 e. The maximum atomic E-state index is 11.0. The van der Waals surface area contributed by atoms with Gasteiger partial charge in [-0.25, -0.2) is 4.79 Å². The van der Waals surface area contributed by atoms with Crippen molar-refractivity contribution >= 4 is 17.6 Å². The highest BCUT2D eigenvalue weighted by Crippen LogP contribution is 2.23. The van der Waals surface area contributed by atoms with Crippen molar-refractivity contribution < 1.29 is 19.8 Å². The van der Waals surface area contributed by atoms with Crippen LogP contribution in [0.1, 0.15) is 22.8 Å². The van der Waals surface area contributed by atoms with Crippen LogP contribution in [0.4, 0.5) is 5.69 Å². The fourth-order valence-corrected chi connectivity index (χ4v) is 1.92. The number of anilines is 1. The summed E-state index contributed by atoms with van der Waals surface area (Å²) in [7, 11) is 0. The van der Waals surface area contributed by atoms with Crippen molar-refractivity contribution in [2.24, 2.45) is 5.92 Å². The molecule has 0 aromatic heterocycles. The predicted octanol–water partition coefficient (Wildman–Crippen LogP) is 2.41. The molecule has 1 aromatic rings. The summed E-state index contributed by atoms with van der Waals surface area (Å²) in [6, 6.07) is 4.82. The Morgan fingerprint density at radius 2 is 2.05 bits per heavy atom. The van der Waals surface area contributed by atoms with E-state index in [0.717, 1.165) is 11.3 Å². The molecule has 0 aliphatic heterocycles. The van der Waals surface area contributed by atoms with E-state index in [-0.39, 0.29) is 5.56 Å². The Hall–Kier alpha value is -2.30. The van der Waals surface area contributed by atoms with Crippen molar-refractivity contribution in [1.29, 1.82) is 0 Å². The molecule has 0 radical (unpaired) electrons. The topological polar surface area (TPSA) is 77.8 Å². The van der Waals surface area contributed by atoms with Crippen LogP contribution in [0.25, 0.3) is 0 Å². The number of aromatic carboxylic acids is 1. The average molecular weight is 277 g/mol. The highest BCUT2D eigenvalue weighted by molar-refractivity contribution is 5.89. The number of rotatable bonds is 7. The molecule has 0 aliphatic carbocycles. The largest absolute Gasteiger partial charge is 0.481 e. The van der Waals surface area contributed by atoms with E-state index in [1.165, 1.54) is 6.07 Å². The highest BCUT2D eigenvalue weighted by Gasteiger charge is 2.18. The van der Waals surface area contributed by atoms with Gasteiger partial charge in [-0.05, 0) is 24.6 Å². The third-order valence-electron chi connectivity index (χ3n) is 3.06. The number of benzene rings is 1. The number of hydrogen-bond acceptors (Lipinski definition) is 3. The summed E-state index contributed by atoms with van der Waals surface area (Å²) >= 11 is 0. The van der Waals surface area contributed by atoms with Gasteiger partial charge in [-0.1, -0.05) is 19.1 Å². The van der Waals surface area contributed by atoms with Gasteiger partial charge in [0.1, 0.15) is 0 Å². The summed E-state index contributed by atoms with van der Waals surface area (Å²) in [5, 5.41) is 18.1. The predicted molar refractivity (Wildman–Crippen MR) is 77.3 cm³/mol. The Bertz CT molecular complexity index is 525. The van der Waals surface area contributed by atoms with Crippen LogP contribution in [0.5, 0.6) is 0 Å². The third-order valence-corrected chi connectivity index (χ3v) is 3.06. The maximum absolute atomic E-state index is 11.0. The van der Waals surface area contributed by atoms with Crippen LogP contribution in [0, 0.1) is 12.8 Å². The molecule has 0 saturated heterocycles. The molecular formula is C15H19NO4. The first-order chi connectivity index (χ1) is 9.36. The van der Waals surface area contributed by atoms with E-state index in [9.17, 15) is 9.59 Å². The molecule has 5 heteroatoms. The number of hydrogen-bond donors (Lipinski definition) is 2. The molecule has 0 bridgehead atoms. The molecule has 1 unspecified atom stereocenters. The second kappa shape index (κ2) is 6.75. The molecule has 20 heavy (non-hydrogen) atoms. The first kappa shape index (κ1) is 15.8. The average Bonchev–Trinajstić information content (AvgIpc) is 2.38. The SMILES string of the molecule is C=CCN(CC(C)C(=O)O)c1cc(C(=O)O)ccc1C. The van der Waals surface area contributed by atoms with Crippen LogP contribution in [0.2, 0.25) is 0 Å². The van der Waals surface area contributed by atoms with Crippen LogP contribution in [0.3, 0.4) is 0 Å². The van der Waals surface area contributed by atoms with E-state index < -0.39 is 17.9 Å². The minimum Gasteiger partial charge on any atom is -0.481 e. The highest BCUT2D eigenvalue weighted by atomic mass is 16.4. The normalized spacial score (nSPS) is 11.7. The first-order valence-electron chi connectivity index (χ1n) is 6.29. The van der Waals surface area contributed by atoms with Gasteiger partial charge in [0, 0.05) is 18.8 Å². The van der Waals surface area contributed by atoms with E-state index in [1.807, 2.05) is 11.8 Å². The van der Waals surface area contributed by atoms with Crippen LogP contribution in [-0.4, -0.2) is 35.2 Å². The lowest BCUT2D eigenvalue weighted by Crippen LogP contribution is -2.32. The standard InChI is InChI=1S/C15H19NO4/c1-4-7-16(9-11(3)14(17)18)13-8-12(15(19)20)6-5-10(13)2/h4-6,8,11H,1,7,9H2,2-3H3,(H,17,18)(H,19,20). The van der Waals surface area contributed by atoms with Crippen molar-refractivity contribution in [2.75, 3.05) is 18.0 Å². The Labute approximate surface area is 118 Å². The molecule has 1 aromatic carbocycles. The quantitative estimate of drug-likeness (QED) is 0.748. The van der Waals surface area contributed by atoms with Crippen molar-refractivity contribution in [3.8, 4) is 0 Å². The molecule has 1 rings (SSSR count). The lowest BCUT2D eigenvalue weighted by atomic mass is 10.1. The number of carboxylic acid groups (broad SMARTS) is 2. The molecule has 5 nitrogen and oxygen atoms in total. The zero-order chi connectivity index (χ0) is 15.3. The summed E-state index contributed by atoms with van der Waals surface area (Å²) < 4.78 is 0. The Morgan fingerprint density at radius 1 is 1.40 bits per heavy atom. The fraction of sp³-hybridized carbons (Fsp3) is 0.333. The van der Waals surface area contributed by atoms with Gasteiger partial charge in [-0.2, -0.15) is 0 Å². The molecule has 0 heterocycles. The van der Waals surface area contributed by atoms with E-state index >= 15 is 0 Å². The lowest BCUT2D eigenvalue weighted by Gasteiger charge is -2.27. The molecule has 0 saturated carbocycles. The van der Waals surface area contributed by atoms with Gasteiger partial charge < -0.3 is 15.1 Å². The monoisotopic (exact) mass is 277 g/mol. The Morgan fingerprint density at radius 3 is 2.55 bits per heavy atom. The second-order valence-corrected chi connectivity index (χ2v) is 4.74. The van der Waals surface area contributed by atoms with Gasteiger partial charge in [-0.3, -0.25) is 4.79 Å². The fourth-order valence-electron chi connectivity index (χ4n) is 1.92. The number of carbonyl (C=O) groups is 2. The van der Waals surface area contributed by atoms with E-state index in [1.54, 1.807) is 25.1 Å². The van der Waals surface area contributed by atoms with Gasteiger partial charge in [0.05, 0.1) is 11.5 Å². The summed E-state index contributed by atoms with van der Waals surface area (Å²) in [5.41, 5.74) is 1.80. The minimum atomic E-state index is -1.00. The number of aryl methyl sites for hydroxylation is 1. The molecule has 108 valence electrons. The van der Waals surface area contributed by atoms with Crippen LogP contribution in [-0.2, 0) is 4.79 Å². The van der Waals surface area contributed by atoms with Gasteiger partial charge in [0.25, 0.3) is 0 Å². The Kier molecular flexibility index (Phi) is 5.32. The van der Waals surface area contributed by atoms with Crippen molar-refractivity contribution in [3.05, 3.63) is 42.0 Å². The van der Waals surface area contributed by atoms with Crippen molar-refractivity contribution in [1.82, 2.24) is 0 Å². The first-order valence-corrected chi connectivity index (χ1v) is 6.29. The molecule has 0 fully saturated rings. The van der Waals surface area contributed by atoms with Gasteiger partial charge in [0.2, 0.25) is 0 Å². The second-order valence-electron chi connectivity index (χ2n) is 4.74. The van der Waals surface area contributed by atoms with Crippen LogP contribution < -0.4 is 4.90 Å². The summed E-state index contributed by atoms with van der Waals surface area (Å²) in [5.74, 6) is -2.44. The van der Waals surface area contributed by atoms with E-state index in [2.05, 4.69) is 6.58 Å². The van der Waals surface area contributed by atoms with Gasteiger partial charge >= 0.3 is 11.9 Å². The summed E-state index contributed by atoms with van der Waals surface area (Å²) in [4.78, 5) is 23.9. The summed E-state index contributed by atoms with van der Waals surface area (Å²) in [6.07, 6.45) is 1.67. The smallest absolute Gasteiger partial charge is 0.335 e. The zero-order valence-electron chi connectivity index (χ0n) is 11.7. The number of nitrogens with zero attached hydrogens (tertiary/aromatic N) is 1. The molecule has 1 atom stereocenters. The van der Waals surface area contributed by atoms with Crippen molar-refractivity contribution in [3.63, 3.8) is 0 Å². The van der Waals surface area contributed by atoms with Crippen LogP contribution in [0.15, 0.2) is 30.9 Å². The molecular weight excluding hydrogens is 258 g/mol. The lowest BCUT2D eigenvalue weighted by molar-refractivity contribution is -0.140. The molecule has 0 amide bonds. The molecule has 0 aliphatic rings. The van der Waals surface area contributed by atoms with E-state index in [0.29, 0.717) is 13.1 Å². The third kappa shape index (κ3) is 3.85. The zero-order valence-corrected chi connectivity index (χ0v) is 11.7. The van der Waals surface area contributed by atoms with E-state index in [4.69, 9.17) is 10.2 Å². The number of carboxylic acids is 2. The minimum absolute atomic E-state index is 0.183. The van der Waals surface area contributed by atoms with Crippen molar-refractivity contribution in [2.45, 2.75) is 13.8 Å². The van der Waals surface area contributed by atoms with Crippen LogP contribution >= 0.6 is 0 Å². The molecule has 0 spiro atoms. The van der Waals surface area contributed by atoms with Gasteiger partial charge in [0.15, 0.2) is 0 Å².